The molecule has 0 bridgehead atoms. The Kier molecular flexibility index (Phi) is 5.84. The number of nitriles is 1. The summed E-state index contributed by atoms with van der Waals surface area (Å²) in [6.07, 6.45) is 7.00. The molecule has 5 aromatic rings. The fourth-order valence-electron chi connectivity index (χ4n) is 5.33. The molecule has 0 amide bonds. The number of aromatic nitrogens is 6. The summed E-state index contributed by atoms with van der Waals surface area (Å²) < 4.78 is 36.2. The van der Waals surface area contributed by atoms with Crippen LogP contribution in [0.5, 0.6) is 5.88 Å². The Hall–Kier alpha value is -4.30. The van der Waals surface area contributed by atoms with Crippen molar-refractivity contribution in [1.29, 1.82) is 5.26 Å². The Bertz CT molecular complexity index is 1790. The largest absolute Gasteiger partial charge is 0.474 e. The van der Waals surface area contributed by atoms with Crippen LogP contribution in [-0.2, 0) is 10.0 Å². The molecule has 192 valence electrons. The van der Waals surface area contributed by atoms with Gasteiger partial charge in [0.1, 0.15) is 18.0 Å². The molecule has 0 N–H and O–H groups in total. The molecule has 1 saturated carbocycles. The van der Waals surface area contributed by atoms with E-state index in [1.807, 2.05) is 11.3 Å². The first-order chi connectivity index (χ1) is 18.4. The summed E-state index contributed by atoms with van der Waals surface area (Å²) in [7, 11) is -3.83. The quantitative estimate of drug-likeness (QED) is 0.321. The van der Waals surface area contributed by atoms with E-state index < -0.39 is 10.0 Å². The van der Waals surface area contributed by atoms with Crippen molar-refractivity contribution in [3.05, 3.63) is 78.0 Å². The third kappa shape index (κ3) is 3.97. The normalized spacial score (nSPS) is 19.7. The first-order valence-electron chi connectivity index (χ1n) is 12.4. The zero-order valence-corrected chi connectivity index (χ0v) is 21.7. The highest BCUT2D eigenvalue weighted by Gasteiger charge is 2.38. The fourth-order valence-corrected chi connectivity index (χ4v) is 6.63. The first kappa shape index (κ1) is 24.1. The van der Waals surface area contributed by atoms with Gasteiger partial charge >= 0.3 is 0 Å². The second-order valence-corrected chi connectivity index (χ2v) is 11.4. The summed E-state index contributed by atoms with van der Waals surface area (Å²) in [5.41, 5.74) is 2.98. The van der Waals surface area contributed by atoms with Gasteiger partial charge in [0.2, 0.25) is 5.88 Å². The Morgan fingerprint density at radius 2 is 1.87 bits per heavy atom. The third-order valence-electron chi connectivity index (χ3n) is 7.30. The fraction of sp³-hybridized carbons (Fsp3) is 0.296. The maximum absolute atomic E-state index is 13.4. The highest BCUT2D eigenvalue weighted by Crippen LogP contribution is 2.42. The number of pyridine rings is 1. The number of ether oxygens (including phenoxy) is 1. The molecule has 0 radical (unpaired) electrons. The van der Waals surface area contributed by atoms with Gasteiger partial charge in [0.15, 0.2) is 11.3 Å². The summed E-state index contributed by atoms with van der Waals surface area (Å²) in [4.78, 5) is 8.90. The average molecular weight is 528 g/mol. The summed E-state index contributed by atoms with van der Waals surface area (Å²) >= 11 is 0. The molecule has 1 fully saturated rings. The van der Waals surface area contributed by atoms with Gasteiger partial charge in [0.25, 0.3) is 10.0 Å². The van der Waals surface area contributed by atoms with Gasteiger partial charge in [-0.3, -0.25) is 4.40 Å². The molecular weight excluding hydrogens is 502 g/mol. The first-order valence-corrected chi connectivity index (χ1v) is 13.9. The molecule has 10 nitrogen and oxygen atoms in total. The van der Waals surface area contributed by atoms with E-state index in [4.69, 9.17) is 10.00 Å². The molecule has 0 aliphatic heterocycles. The van der Waals surface area contributed by atoms with Gasteiger partial charge in [0, 0.05) is 24.4 Å². The molecule has 3 atom stereocenters. The van der Waals surface area contributed by atoms with Gasteiger partial charge in [-0.2, -0.15) is 5.26 Å². The number of benzene rings is 1. The summed E-state index contributed by atoms with van der Waals surface area (Å²) in [6.45, 7) is 4.06. The van der Waals surface area contributed by atoms with E-state index >= 15 is 0 Å². The standard InChI is InChI=1S/C27H25N7O3S/c1-3-19-12-20(37-25-9-6-18(14-28)15-29-25)13-22(19)26-32-31-24-16-30-27-23(34(24)26)10-11-33(27)38(35,36)21-7-4-17(2)5-8-21/h4-11,15-16,19-20,22H,3,12-13H2,1-2H3/t19-,20-,22+/m0/s1. The lowest BCUT2D eigenvalue weighted by atomic mass is 9.93. The van der Waals surface area contributed by atoms with E-state index in [1.165, 1.54) is 16.4 Å². The molecule has 0 saturated heterocycles. The Balaban J connectivity index is 1.37. The second kappa shape index (κ2) is 9.22. The van der Waals surface area contributed by atoms with Crippen molar-refractivity contribution < 1.29 is 13.2 Å². The topological polar surface area (TPSA) is 128 Å². The molecule has 1 aromatic carbocycles. The second-order valence-electron chi connectivity index (χ2n) is 9.63. The number of hydrogen-bond acceptors (Lipinski definition) is 8. The van der Waals surface area contributed by atoms with Crippen LogP contribution in [0.1, 0.15) is 49.1 Å². The lowest BCUT2D eigenvalue weighted by molar-refractivity contribution is 0.195. The molecule has 4 aromatic heterocycles. The van der Waals surface area contributed by atoms with Crippen LogP contribution in [0, 0.1) is 24.2 Å². The molecule has 38 heavy (non-hydrogen) atoms. The number of hydrogen-bond donors (Lipinski definition) is 0. The maximum atomic E-state index is 13.4. The number of rotatable bonds is 6. The predicted molar refractivity (Wildman–Crippen MR) is 139 cm³/mol. The van der Waals surface area contributed by atoms with E-state index in [2.05, 4.69) is 33.2 Å². The Morgan fingerprint density at radius 1 is 1.05 bits per heavy atom. The molecule has 4 heterocycles. The van der Waals surface area contributed by atoms with Crippen molar-refractivity contribution >= 4 is 26.8 Å². The molecule has 11 heteroatoms. The lowest BCUT2D eigenvalue weighted by Gasteiger charge is -2.16. The van der Waals surface area contributed by atoms with Crippen molar-refractivity contribution in [2.24, 2.45) is 5.92 Å². The average Bonchev–Trinajstić information content (AvgIpc) is 3.65. The highest BCUT2D eigenvalue weighted by molar-refractivity contribution is 7.90. The van der Waals surface area contributed by atoms with Crippen molar-refractivity contribution in [1.82, 2.24) is 28.5 Å². The van der Waals surface area contributed by atoms with Crippen molar-refractivity contribution in [3.8, 4) is 11.9 Å². The maximum Gasteiger partial charge on any atom is 0.269 e. The van der Waals surface area contributed by atoms with E-state index in [9.17, 15) is 8.42 Å². The minimum atomic E-state index is -3.83. The molecule has 0 spiro atoms. The third-order valence-corrected chi connectivity index (χ3v) is 8.98. The van der Waals surface area contributed by atoms with Crippen LogP contribution in [0.4, 0.5) is 0 Å². The predicted octanol–water partition coefficient (Wildman–Crippen LogP) is 4.24. The van der Waals surface area contributed by atoms with Crippen LogP contribution in [0.15, 0.2) is 66.0 Å². The summed E-state index contributed by atoms with van der Waals surface area (Å²) in [6, 6.07) is 14.0. The van der Waals surface area contributed by atoms with Crippen molar-refractivity contribution in [2.75, 3.05) is 0 Å². The summed E-state index contributed by atoms with van der Waals surface area (Å²) in [5, 5.41) is 17.9. The van der Waals surface area contributed by atoms with Gasteiger partial charge in [-0.05, 0) is 49.9 Å². The van der Waals surface area contributed by atoms with Crippen LogP contribution in [0.25, 0.3) is 16.8 Å². The number of nitrogens with zero attached hydrogens (tertiary/aromatic N) is 7. The number of aryl methyl sites for hydroxylation is 1. The minimum absolute atomic E-state index is 0.0565. The Labute approximate surface area is 219 Å². The van der Waals surface area contributed by atoms with Crippen molar-refractivity contribution in [3.63, 3.8) is 0 Å². The molecular formula is C27H25N7O3S. The zero-order valence-electron chi connectivity index (χ0n) is 20.9. The van der Waals surface area contributed by atoms with Gasteiger partial charge in [0.05, 0.1) is 22.2 Å². The molecule has 0 unspecified atom stereocenters. The van der Waals surface area contributed by atoms with E-state index in [-0.39, 0.29) is 16.9 Å². The zero-order chi connectivity index (χ0) is 26.4. The molecule has 1 aliphatic rings. The van der Waals surface area contributed by atoms with Crippen molar-refractivity contribution in [2.45, 2.75) is 50.0 Å². The minimum Gasteiger partial charge on any atom is -0.474 e. The van der Waals surface area contributed by atoms with Crippen LogP contribution in [-0.4, -0.2) is 43.1 Å². The van der Waals surface area contributed by atoms with E-state index in [0.29, 0.717) is 40.6 Å². The monoisotopic (exact) mass is 527 g/mol. The van der Waals surface area contributed by atoms with Crippen LogP contribution < -0.4 is 4.74 Å². The Morgan fingerprint density at radius 3 is 2.58 bits per heavy atom. The molecule has 1 aliphatic carbocycles. The van der Waals surface area contributed by atoms with Crippen LogP contribution in [0.3, 0.4) is 0 Å². The van der Waals surface area contributed by atoms with Crippen LogP contribution in [0.2, 0.25) is 0 Å². The van der Waals surface area contributed by atoms with Crippen LogP contribution >= 0.6 is 0 Å². The van der Waals surface area contributed by atoms with Gasteiger partial charge in [-0.1, -0.05) is 31.0 Å². The number of fused-ring (bicyclic) bond motifs is 3. The van der Waals surface area contributed by atoms with Gasteiger partial charge < -0.3 is 4.74 Å². The SMILES string of the molecule is CC[C@H]1C[C@H](Oc2ccc(C#N)cn2)C[C@H]1c1nnc2cnc3c(ccn3S(=O)(=O)c3ccc(C)cc3)n12. The van der Waals surface area contributed by atoms with Gasteiger partial charge in [-0.25, -0.2) is 22.4 Å². The lowest BCUT2D eigenvalue weighted by Crippen LogP contribution is -2.14. The molecule has 6 rings (SSSR count). The summed E-state index contributed by atoms with van der Waals surface area (Å²) in [5.74, 6) is 1.61. The van der Waals surface area contributed by atoms with E-state index in [1.54, 1.807) is 48.7 Å². The van der Waals surface area contributed by atoms with Gasteiger partial charge in [-0.15, -0.1) is 10.2 Å². The smallest absolute Gasteiger partial charge is 0.269 e. The van der Waals surface area contributed by atoms with E-state index in [0.717, 1.165) is 24.2 Å². The highest BCUT2D eigenvalue weighted by atomic mass is 32.2.